The Bertz CT molecular complexity index is 885. The fourth-order valence-corrected chi connectivity index (χ4v) is 3.37. The van der Waals surface area contributed by atoms with Crippen LogP contribution in [0.5, 0.6) is 0 Å². The molecule has 0 unspecified atom stereocenters. The number of fused-ring (bicyclic) bond motifs is 1. The highest BCUT2D eigenvalue weighted by atomic mass is 19.1. The number of carboxylic acids is 1. The Morgan fingerprint density at radius 2 is 1.93 bits per heavy atom. The molecule has 2 amide bonds. The van der Waals surface area contributed by atoms with E-state index in [-0.39, 0.29) is 31.2 Å². The standard InChI is InChI=1S/C21H21FN2O4/c22-15-8-9-16-17(12-19(25)23-18(16)11-15)21(28)24(10-4-7-20(26)27)13-14-5-2-1-3-6-14/h1-3,5-6,8-9,11,17H,4,7,10,12-13H2,(H,23,25)(H,26,27)/t17-/m1/s1. The highest BCUT2D eigenvalue weighted by Crippen LogP contribution is 2.34. The summed E-state index contributed by atoms with van der Waals surface area (Å²) < 4.78 is 13.5. The lowest BCUT2D eigenvalue weighted by Gasteiger charge is -2.31. The van der Waals surface area contributed by atoms with E-state index in [1.807, 2.05) is 30.3 Å². The molecule has 1 aliphatic heterocycles. The van der Waals surface area contributed by atoms with Crippen molar-refractivity contribution in [2.45, 2.75) is 31.7 Å². The SMILES string of the molecule is O=C(O)CCCN(Cc1ccccc1)C(=O)[C@@H]1CC(=O)Nc2cc(F)ccc21. The molecule has 1 heterocycles. The molecule has 0 spiro atoms. The molecule has 0 fully saturated rings. The van der Waals surface area contributed by atoms with E-state index in [9.17, 15) is 18.8 Å². The van der Waals surface area contributed by atoms with Crippen LogP contribution >= 0.6 is 0 Å². The molecule has 2 aromatic rings. The summed E-state index contributed by atoms with van der Waals surface area (Å²) in [6.07, 6.45) is 0.232. The zero-order valence-electron chi connectivity index (χ0n) is 15.2. The Balaban J connectivity index is 1.85. The molecule has 146 valence electrons. The second-order valence-corrected chi connectivity index (χ2v) is 6.78. The van der Waals surface area contributed by atoms with Crippen molar-refractivity contribution in [3.63, 3.8) is 0 Å². The van der Waals surface area contributed by atoms with Gasteiger partial charge in [-0.15, -0.1) is 0 Å². The van der Waals surface area contributed by atoms with Crippen LogP contribution in [0.15, 0.2) is 48.5 Å². The predicted octanol–water partition coefficient (Wildman–Crippen LogP) is 3.15. The average molecular weight is 384 g/mol. The molecule has 0 saturated carbocycles. The number of halogens is 1. The van der Waals surface area contributed by atoms with E-state index in [0.717, 1.165) is 5.56 Å². The molecule has 3 rings (SSSR count). The quantitative estimate of drug-likeness (QED) is 0.768. The van der Waals surface area contributed by atoms with Crippen molar-refractivity contribution >= 4 is 23.5 Å². The van der Waals surface area contributed by atoms with Crippen molar-refractivity contribution in [2.24, 2.45) is 0 Å². The van der Waals surface area contributed by atoms with E-state index in [4.69, 9.17) is 5.11 Å². The minimum absolute atomic E-state index is 0.0261. The molecule has 1 atom stereocenters. The van der Waals surface area contributed by atoms with Gasteiger partial charge in [0.1, 0.15) is 5.82 Å². The number of carbonyl (C=O) groups excluding carboxylic acids is 2. The Labute approximate surface area is 162 Å². The number of hydrogen-bond acceptors (Lipinski definition) is 3. The average Bonchev–Trinajstić information content (AvgIpc) is 2.66. The maximum absolute atomic E-state index is 13.5. The van der Waals surface area contributed by atoms with Gasteiger partial charge in [0.05, 0.1) is 5.92 Å². The van der Waals surface area contributed by atoms with Crippen LogP contribution in [0.2, 0.25) is 0 Å². The van der Waals surface area contributed by atoms with Crippen molar-refractivity contribution in [3.8, 4) is 0 Å². The zero-order valence-corrected chi connectivity index (χ0v) is 15.2. The first-order chi connectivity index (χ1) is 13.4. The van der Waals surface area contributed by atoms with E-state index in [0.29, 0.717) is 24.2 Å². The normalized spacial score (nSPS) is 15.5. The summed E-state index contributed by atoms with van der Waals surface area (Å²) in [5, 5.41) is 11.5. The molecule has 0 saturated heterocycles. The van der Waals surface area contributed by atoms with E-state index in [1.165, 1.54) is 18.2 Å². The molecule has 7 heteroatoms. The first-order valence-electron chi connectivity index (χ1n) is 9.08. The number of nitrogens with one attached hydrogen (secondary N) is 1. The predicted molar refractivity (Wildman–Crippen MR) is 101 cm³/mol. The van der Waals surface area contributed by atoms with Gasteiger partial charge in [-0.2, -0.15) is 0 Å². The maximum atomic E-state index is 13.5. The first kappa shape index (κ1) is 19.5. The minimum atomic E-state index is -0.926. The van der Waals surface area contributed by atoms with Gasteiger partial charge in [-0.3, -0.25) is 14.4 Å². The lowest BCUT2D eigenvalue weighted by atomic mass is 9.89. The fourth-order valence-electron chi connectivity index (χ4n) is 3.37. The molecule has 2 aromatic carbocycles. The second-order valence-electron chi connectivity index (χ2n) is 6.78. The van der Waals surface area contributed by atoms with Gasteiger partial charge in [0.25, 0.3) is 0 Å². The Hall–Kier alpha value is -3.22. The summed E-state index contributed by atoms with van der Waals surface area (Å²) in [4.78, 5) is 37.8. The van der Waals surface area contributed by atoms with E-state index in [2.05, 4.69) is 5.32 Å². The molecule has 0 radical (unpaired) electrons. The van der Waals surface area contributed by atoms with Crippen LogP contribution in [0, 0.1) is 5.82 Å². The van der Waals surface area contributed by atoms with Crippen LogP contribution < -0.4 is 5.32 Å². The molecule has 2 N–H and O–H groups in total. The van der Waals surface area contributed by atoms with Crippen molar-refractivity contribution in [2.75, 3.05) is 11.9 Å². The third-order valence-electron chi connectivity index (χ3n) is 4.70. The Kier molecular flexibility index (Phi) is 6.03. The van der Waals surface area contributed by atoms with Gasteiger partial charge < -0.3 is 15.3 Å². The number of anilines is 1. The van der Waals surface area contributed by atoms with Crippen molar-refractivity contribution in [3.05, 3.63) is 65.5 Å². The second kappa shape index (κ2) is 8.65. The number of carboxylic acid groups (broad SMARTS) is 1. The summed E-state index contributed by atoms with van der Waals surface area (Å²) >= 11 is 0. The molecule has 0 aliphatic carbocycles. The topological polar surface area (TPSA) is 86.7 Å². The molecule has 0 bridgehead atoms. The number of nitrogens with zero attached hydrogens (tertiary/aromatic N) is 1. The van der Waals surface area contributed by atoms with E-state index in [1.54, 1.807) is 4.90 Å². The van der Waals surface area contributed by atoms with Crippen LogP contribution in [0.4, 0.5) is 10.1 Å². The van der Waals surface area contributed by atoms with Gasteiger partial charge in [-0.25, -0.2) is 4.39 Å². The monoisotopic (exact) mass is 384 g/mol. The molecule has 28 heavy (non-hydrogen) atoms. The minimum Gasteiger partial charge on any atom is -0.481 e. The van der Waals surface area contributed by atoms with E-state index < -0.39 is 17.7 Å². The van der Waals surface area contributed by atoms with Gasteiger partial charge in [0.15, 0.2) is 0 Å². The van der Waals surface area contributed by atoms with Crippen LogP contribution in [0.25, 0.3) is 0 Å². The lowest BCUT2D eigenvalue weighted by Crippen LogP contribution is -2.39. The van der Waals surface area contributed by atoms with Gasteiger partial charge in [0, 0.05) is 31.6 Å². The van der Waals surface area contributed by atoms with Crippen molar-refractivity contribution < 1.29 is 23.9 Å². The van der Waals surface area contributed by atoms with Gasteiger partial charge in [0.2, 0.25) is 11.8 Å². The number of carbonyl (C=O) groups is 3. The van der Waals surface area contributed by atoms with Gasteiger partial charge in [-0.05, 0) is 29.7 Å². The summed E-state index contributed by atoms with van der Waals surface area (Å²) in [6.45, 7) is 0.572. The third-order valence-corrected chi connectivity index (χ3v) is 4.70. The Morgan fingerprint density at radius 3 is 2.64 bits per heavy atom. The number of rotatable bonds is 7. The highest BCUT2D eigenvalue weighted by Gasteiger charge is 2.33. The zero-order chi connectivity index (χ0) is 20.1. The lowest BCUT2D eigenvalue weighted by molar-refractivity contribution is -0.139. The third kappa shape index (κ3) is 4.73. The van der Waals surface area contributed by atoms with Crippen LogP contribution in [-0.4, -0.2) is 34.3 Å². The summed E-state index contributed by atoms with van der Waals surface area (Å²) in [5.41, 5.74) is 1.79. The number of hydrogen-bond donors (Lipinski definition) is 2. The summed E-state index contributed by atoms with van der Waals surface area (Å²) in [5.74, 6) is -2.75. The van der Waals surface area contributed by atoms with Gasteiger partial charge >= 0.3 is 5.97 Å². The maximum Gasteiger partial charge on any atom is 0.303 e. The van der Waals surface area contributed by atoms with E-state index >= 15 is 0 Å². The highest BCUT2D eigenvalue weighted by molar-refractivity contribution is 6.01. The molecule has 0 aromatic heterocycles. The van der Waals surface area contributed by atoms with Crippen LogP contribution in [-0.2, 0) is 20.9 Å². The van der Waals surface area contributed by atoms with Crippen molar-refractivity contribution in [1.29, 1.82) is 0 Å². The number of benzene rings is 2. The molecular formula is C21H21FN2O4. The molecular weight excluding hydrogens is 363 g/mol. The smallest absolute Gasteiger partial charge is 0.303 e. The summed E-state index contributed by atoms with van der Waals surface area (Å²) in [7, 11) is 0. The van der Waals surface area contributed by atoms with Crippen LogP contribution in [0.3, 0.4) is 0 Å². The number of aliphatic carboxylic acids is 1. The molecule has 6 nitrogen and oxygen atoms in total. The Morgan fingerprint density at radius 1 is 1.18 bits per heavy atom. The van der Waals surface area contributed by atoms with Gasteiger partial charge in [-0.1, -0.05) is 36.4 Å². The summed E-state index contributed by atoms with van der Waals surface area (Å²) in [6, 6.07) is 13.4. The fraction of sp³-hybridized carbons (Fsp3) is 0.286. The largest absolute Gasteiger partial charge is 0.481 e. The first-order valence-corrected chi connectivity index (χ1v) is 9.08. The molecule has 1 aliphatic rings. The number of amides is 2. The van der Waals surface area contributed by atoms with Crippen molar-refractivity contribution in [1.82, 2.24) is 4.90 Å². The van der Waals surface area contributed by atoms with Crippen LogP contribution in [0.1, 0.15) is 36.3 Å².